The maximum absolute atomic E-state index is 5.94. The minimum Gasteiger partial charge on any atom is -0.308 e. The zero-order valence-corrected chi connectivity index (χ0v) is 11.9. The van der Waals surface area contributed by atoms with Gasteiger partial charge in [0.1, 0.15) is 0 Å². The van der Waals surface area contributed by atoms with Gasteiger partial charge in [0, 0.05) is 22.1 Å². The summed E-state index contributed by atoms with van der Waals surface area (Å²) in [6.45, 7) is 0.784. The first-order chi connectivity index (χ1) is 8.74. The Hall–Kier alpha value is -0.910. The number of hydrogen-bond acceptors (Lipinski definition) is 3. The summed E-state index contributed by atoms with van der Waals surface area (Å²) in [6.07, 6.45) is 4.33. The van der Waals surface area contributed by atoms with Gasteiger partial charge >= 0.3 is 0 Å². The van der Waals surface area contributed by atoms with Crippen LogP contribution in [0.1, 0.15) is 18.5 Å². The summed E-state index contributed by atoms with van der Waals surface area (Å²) in [7, 11) is 0. The fraction of sp³-hybridized carbons (Fsp3) is 0.333. The third-order valence-corrected chi connectivity index (χ3v) is 3.78. The van der Waals surface area contributed by atoms with Crippen molar-refractivity contribution in [3.8, 4) is 5.69 Å². The van der Waals surface area contributed by atoms with Gasteiger partial charge < -0.3 is 5.32 Å². The lowest BCUT2D eigenvalue weighted by Gasteiger charge is -2.09. The Morgan fingerprint density at radius 3 is 3.00 bits per heavy atom. The summed E-state index contributed by atoms with van der Waals surface area (Å²) in [5.74, 6) is 0. The van der Waals surface area contributed by atoms with E-state index in [1.54, 1.807) is 6.20 Å². The molecular formula is C12H12BrClN4. The highest BCUT2D eigenvalue weighted by Crippen LogP contribution is 2.25. The number of rotatable bonds is 4. The highest BCUT2D eigenvalue weighted by atomic mass is 79.9. The molecule has 1 aromatic carbocycles. The molecule has 0 spiro atoms. The van der Waals surface area contributed by atoms with Crippen LogP contribution in [0.25, 0.3) is 5.69 Å². The molecule has 4 nitrogen and oxygen atoms in total. The first kappa shape index (κ1) is 12.1. The van der Waals surface area contributed by atoms with Crippen molar-refractivity contribution in [3.63, 3.8) is 0 Å². The number of halogens is 2. The van der Waals surface area contributed by atoms with Crippen LogP contribution in [-0.4, -0.2) is 21.0 Å². The molecule has 0 aliphatic heterocycles. The maximum atomic E-state index is 5.94. The second kappa shape index (κ2) is 4.99. The lowest BCUT2D eigenvalue weighted by atomic mass is 10.3. The number of benzene rings is 1. The highest BCUT2D eigenvalue weighted by Gasteiger charge is 2.21. The van der Waals surface area contributed by atoms with E-state index < -0.39 is 0 Å². The summed E-state index contributed by atoms with van der Waals surface area (Å²) >= 11 is 9.44. The Bertz CT molecular complexity index is 565. The van der Waals surface area contributed by atoms with E-state index in [2.05, 4.69) is 31.6 Å². The molecule has 1 N–H and O–H groups in total. The monoisotopic (exact) mass is 326 g/mol. The molecule has 3 rings (SSSR count). The first-order valence-electron chi connectivity index (χ1n) is 5.82. The molecule has 0 amide bonds. The summed E-state index contributed by atoms with van der Waals surface area (Å²) in [4.78, 5) is 0. The van der Waals surface area contributed by atoms with Gasteiger partial charge in [-0.15, -0.1) is 5.10 Å². The molecule has 18 heavy (non-hydrogen) atoms. The molecule has 1 aromatic heterocycles. The van der Waals surface area contributed by atoms with Crippen molar-refractivity contribution < 1.29 is 0 Å². The number of nitrogens with zero attached hydrogens (tertiary/aromatic N) is 3. The molecule has 1 saturated carbocycles. The van der Waals surface area contributed by atoms with Gasteiger partial charge in [-0.2, -0.15) is 0 Å². The fourth-order valence-electron chi connectivity index (χ4n) is 1.77. The Morgan fingerprint density at radius 1 is 1.44 bits per heavy atom. The van der Waals surface area contributed by atoms with Crippen LogP contribution < -0.4 is 5.32 Å². The molecule has 1 fully saturated rings. The topological polar surface area (TPSA) is 42.7 Å². The quantitative estimate of drug-likeness (QED) is 0.939. The van der Waals surface area contributed by atoms with Gasteiger partial charge in [0.05, 0.1) is 17.6 Å². The third kappa shape index (κ3) is 2.58. The Kier molecular flexibility index (Phi) is 3.37. The second-order valence-corrected chi connectivity index (χ2v) is 5.68. The number of hydrogen-bond donors (Lipinski definition) is 1. The average Bonchev–Trinajstić information content (AvgIpc) is 3.06. The van der Waals surface area contributed by atoms with E-state index in [4.69, 9.17) is 11.6 Å². The highest BCUT2D eigenvalue weighted by molar-refractivity contribution is 9.10. The summed E-state index contributed by atoms with van der Waals surface area (Å²) < 4.78 is 2.74. The molecule has 1 aliphatic carbocycles. The van der Waals surface area contributed by atoms with Crippen LogP contribution in [-0.2, 0) is 6.54 Å². The van der Waals surface area contributed by atoms with Crippen LogP contribution in [0.15, 0.2) is 28.9 Å². The van der Waals surface area contributed by atoms with Gasteiger partial charge in [-0.1, -0.05) is 16.8 Å². The van der Waals surface area contributed by atoms with E-state index in [1.165, 1.54) is 12.8 Å². The van der Waals surface area contributed by atoms with Crippen LogP contribution >= 0.6 is 27.5 Å². The molecule has 94 valence electrons. The molecule has 0 atom stereocenters. The van der Waals surface area contributed by atoms with E-state index >= 15 is 0 Å². The lowest BCUT2D eigenvalue weighted by Crippen LogP contribution is -2.18. The molecule has 0 saturated heterocycles. The number of aromatic nitrogens is 3. The first-order valence-corrected chi connectivity index (χ1v) is 6.99. The van der Waals surface area contributed by atoms with Crippen LogP contribution in [0.2, 0.25) is 5.02 Å². The Labute approximate surface area is 118 Å². The van der Waals surface area contributed by atoms with E-state index in [1.807, 2.05) is 22.9 Å². The fourth-order valence-corrected chi connectivity index (χ4v) is 2.62. The molecule has 1 aliphatic rings. The molecule has 2 aromatic rings. The van der Waals surface area contributed by atoms with Crippen molar-refractivity contribution in [2.45, 2.75) is 25.4 Å². The van der Waals surface area contributed by atoms with Crippen molar-refractivity contribution in [2.75, 3.05) is 0 Å². The molecule has 1 heterocycles. The third-order valence-electron chi connectivity index (χ3n) is 2.91. The van der Waals surface area contributed by atoms with E-state index in [-0.39, 0.29) is 0 Å². The van der Waals surface area contributed by atoms with E-state index in [0.29, 0.717) is 11.1 Å². The van der Waals surface area contributed by atoms with Gasteiger partial charge in [0.25, 0.3) is 0 Å². The number of nitrogens with one attached hydrogen (secondary N) is 1. The van der Waals surface area contributed by atoms with Gasteiger partial charge in [-0.05, 0) is 47.0 Å². The van der Waals surface area contributed by atoms with Gasteiger partial charge in [-0.25, -0.2) is 4.68 Å². The zero-order chi connectivity index (χ0) is 12.5. The van der Waals surface area contributed by atoms with Crippen LogP contribution in [0.3, 0.4) is 0 Å². The van der Waals surface area contributed by atoms with Gasteiger partial charge in [0.2, 0.25) is 0 Å². The molecule has 0 bridgehead atoms. The second-order valence-electron chi connectivity index (χ2n) is 4.39. The summed E-state index contributed by atoms with van der Waals surface area (Å²) in [5, 5.41) is 12.3. The van der Waals surface area contributed by atoms with E-state index in [9.17, 15) is 0 Å². The maximum Gasteiger partial charge on any atom is 0.0810 e. The van der Waals surface area contributed by atoms with Crippen molar-refractivity contribution in [1.29, 1.82) is 0 Å². The average molecular weight is 328 g/mol. The normalized spacial score (nSPS) is 15.0. The molecular weight excluding hydrogens is 316 g/mol. The van der Waals surface area contributed by atoms with Gasteiger partial charge in [0.15, 0.2) is 0 Å². The van der Waals surface area contributed by atoms with Crippen LogP contribution in [0, 0.1) is 0 Å². The molecule has 6 heteroatoms. The van der Waals surface area contributed by atoms with Crippen molar-refractivity contribution >= 4 is 27.5 Å². The Balaban J connectivity index is 1.88. The predicted octanol–water partition coefficient (Wildman–Crippen LogP) is 2.94. The SMILES string of the molecule is Clc1ccc(-n2nncc2CNC2CC2)c(Br)c1. The molecule has 0 unspecified atom stereocenters. The Morgan fingerprint density at radius 2 is 2.28 bits per heavy atom. The predicted molar refractivity (Wildman–Crippen MR) is 73.9 cm³/mol. The summed E-state index contributed by atoms with van der Waals surface area (Å²) in [5.41, 5.74) is 1.99. The van der Waals surface area contributed by atoms with E-state index in [0.717, 1.165) is 22.4 Å². The standard InChI is InChI=1S/C12H12BrClN4/c13-11-5-8(14)1-4-12(11)18-10(7-16-17-18)6-15-9-2-3-9/h1,4-5,7,9,15H,2-3,6H2. The smallest absolute Gasteiger partial charge is 0.0810 e. The minimum atomic E-state index is 0.669. The van der Waals surface area contributed by atoms with Crippen molar-refractivity contribution in [2.24, 2.45) is 0 Å². The van der Waals surface area contributed by atoms with Crippen LogP contribution in [0.4, 0.5) is 0 Å². The van der Waals surface area contributed by atoms with Crippen molar-refractivity contribution in [3.05, 3.63) is 39.6 Å². The lowest BCUT2D eigenvalue weighted by molar-refractivity contribution is 0.646. The van der Waals surface area contributed by atoms with Crippen molar-refractivity contribution in [1.82, 2.24) is 20.3 Å². The molecule has 0 radical (unpaired) electrons. The zero-order valence-electron chi connectivity index (χ0n) is 9.61. The largest absolute Gasteiger partial charge is 0.308 e. The minimum absolute atomic E-state index is 0.669. The van der Waals surface area contributed by atoms with Gasteiger partial charge in [-0.3, -0.25) is 0 Å². The summed E-state index contributed by atoms with van der Waals surface area (Å²) in [6, 6.07) is 6.31. The van der Waals surface area contributed by atoms with Crippen LogP contribution in [0.5, 0.6) is 0 Å².